The van der Waals surface area contributed by atoms with Gasteiger partial charge in [0.15, 0.2) is 0 Å². The van der Waals surface area contributed by atoms with E-state index in [0.717, 1.165) is 22.1 Å². The number of hydrogen-bond donors (Lipinski definition) is 1. The molecule has 0 radical (unpaired) electrons. The maximum absolute atomic E-state index is 12.3. The van der Waals surface area contributed by atoms with Gasteiger partial charge in [0, 0.05) is 11.0 Å². The van der Waals surface area contributed by atoms with E-state index in [1.54, 1.807) is 18.9 Å². The van der Waals surface area contributed by atoms with Crippen molar-refractivity contribution in [3.63, 3.8) is 0 Å². The van der Waals surface area contributed by atoms with Crippen LogP contribution in [0, 0.1) is 0 Å². The van der Waals surface area contributed by atoms with Crippen LogP contribution in [0.3, 0.4) is 0 Å². The van der Waals surface area contributed by atoms with Gasteiger partial charge in [-0.05, 0) is 30.0 Å². The lowest BCUT2D eigenvalue weighted by Gasteiger charge is -2.10. The predicted octanol–water partition coefficient (Wildman–Crippen LogP) is 3.62. The smallest absolute Gasteiger partial charge is 0.252 e. The third-order valence-electron chi connectivity index (χ3n) is 3.13. The summed E-state index contributed by atoms with van der Waals surface area (Å²) in [7, 11) is 1.62. The van der Waals surface area contributed by atoms with Crippen molar-refractivity contribution in [2.75, 3.05) is 26.0 Å². The summed E-state index contributed by atoms with van der Waals surface area (Å²) in [4.78, 5) is 13.3. The first-order valence-electron chi connectivity index (χ1n) is 7.51. The van der Waals surface area contributed by atoms with Crippen LogP contribution in [0.2, 0.25) is 0 Å². The van der Waals surface area contributed by atoms with Crippen molar-refractivity contribution in [3.8, 4) is 11.5 Å². The van der Waals surface area contributed by atoms with E-state index in [0.29, 0.717) is 18.7 Å². The van der Waals surface area contributed by atoms with Crippen molar-refractivity contribution >= 4 is 17.7 Å². The summed E-state index contributed by atoms with van der Waals surface area (Å²) in [5.74, 6) is 2.33. The maximum Gasteiger partial charge on any atom is 0.252 e. The Morgan fingerprint density at radius 1 is 1.13 bits per heavy atom. The van der Waals surface area contributed by atoms with Gasteiger partial charge in [-0.25, -0.2) is 0 Å². The number of hydrogen-bond acceptors (Lipinski definition) is 4. The maximum atomic E-state index is 12.3. The molecule has 0 aromatic heterocycles. The summed E-state index contributed by atoms with van der Waals surface area (Å²) < 4.78 is 10.8. The van der Waals surface area contributed by atoms with E-state index < -0.39 is 0 Å². The third kappa shape index (κ3) is 5.21. The average molecular weight is 331 g/mol. The van der Waals surface area contributed by atoms with Crippen molar-refractivity contribution in [3.05, 3.63) is 54.1 Å². The first-order valence-corrected chi connectivity index (χ1v) is 8.50. The Kier molecular flexibility index (Phi) is 6.81. The minimum Gasteiger partial charge on any atom is -0.497 e. The van der Waals surface area contributed by atoms with Gasteiger partial charge in [0.2, 0.25) is 0 Å². The topological polar surface area (TPSA) is 47.6 Å². The molecule has 0 unspecified atom stereocenters. The summed E-state index contributed by atoms with van der Waals surface area (Å²) in [5, 5.41) is 2.89. The molecule has 0 atom stereocenters. The van der Waals surface area contributed by atoms with Crippen LogP contribution in [0.1, 0.15) is 17.3 Å². The van der Waals surface area contributed by atoms with Crippen molar-refractivity contribution in [2.45, 2.75) is 11.8 Å². The highest BCUT2D eigenvalue weighted by Gasteiger charge is 2.10. The van der Waals surface area contributed by atoms with E-state index in [4.69, 9.17) is 9.47 Å². The Hall–Kier alpha value is -2.14. The zero-order valence-corrected chi connectivity index (χ0v) is 14.2. The highest BCUT2D eigenvalue weighted by molar-refractivity contribution is 7.99. The van der Waals surface area contributed by atoms with Gasteiger partial charge in [-0.1, -0.05) is 25.1 Å². The normalized spacial score (nSPS) is 10.2. The molecule has 1 amide bonds. The molecule has 23 heavy (non-hydrogen) atoms. The van der Waals surface area contributed by atoms with Crippen molar-refractivity contribution < 1.29 is 14.3 Å². The number of benzene rings is 2. The molecule has 5 heteroatoms. The van der Waals surface area contributed by atoms with Crippen LogP contribution >= 0.6 is 11.8 Å². The second-order valence-corrected chi connectivity index (χ2v) is 6.02. The van der Waals surface area contributed by atoms with Gasteiger partial charge >= 0.3 is 0 Å². The van der Waals surface area contributed by atoms with E-state index in [-0.39, 0.29) is 5.91 Å². The number of ether oxygens (including phenoxy) is 2. The lowest BCUT2D eigenvalue weighted by atomic mass is 10.2. The number of methoxy groups -OCH3 is 1. The Bertz CT molecular complexity index is 646. The predicted molar refractivity (Wildman–Crippen MR) is 93.7 cm³/mol. The summed E-state index contributed by atoms with van der Waals surface area (Å²) in [6, 6.07) is 15.0. The van der Waals surface area contributed by atoms with Gasteiger partial charge in [0.05, 0.1) is 19.2 Å². The first kappa shape index (κ1) is 17.2. The summed E-state index contributed by atoms with van der Waals surface area (Å²) in [5.41, 5.74) is 0.709. The molecule has 4 nitrogen and oxygen atoms in total. The Morgan fingerprint density at radius 3 is 2.70 bits per heavy atom. The molecule has 0 aliphatic carbocycles. The zero-order chi connectivity index (χ0) is 16.5. The van der Waals surface area contributed by atoms with E-state index in [2.05, 4.69) is 12.2 Å². The van der Waals surface area contributed by atoms with Gasteiger partial charge in [0.25, 0.3) is 5.91 Å². The standard InChI is InChI=1S/C18H21NO3S/c1-3-23-17-10-5-4-9-16(17)18(20)19-11-12-22-15-8-6-7-14(13-15)21-2/h4-10,13H,3,11-12H2,1-2H3,(H,19,20). The molecule has 122 valence electrons. The molecule has 0 aliphatic heterocycles. The lowest BCUT2D eigenvalue weighted by Crippen LogP contribution is -2.28. The Morgan fingerprint density at radius 2 is 1.91 bits per heavy atom. The molecule has 0 saturated carbocycles. The number of nitrogens with one attached hydrogen (secondary N) is 1. The second kappa shape index (κ2) is 9.10. The van der Waals surface area contributed by atoms with E-state index in [1.807, 2.05) is 48.5 Å². The van der Waals surface area contributed by atoms with Crippen LogP contribution in [0.4, 0.5) is 0 Å². The number of rotatable bonds is 8. The summed E-state index contributed by atoms with van der Waals surface area (Å²) in [6.07, 6.45) is 0. The fourth-order valence-electron chi connectivity index (χ4n) is 2.06. The average Bonchev–Trinajstić information content (AvgIpc) is 2.59. The number of carbonyl (C=O) groups excluding carboxylic acids is 1. The van der Waals surface area contributed by atoms with Crippen LogP contribution in [-0.4, -0.2) is 31.9 Å². The lowest BCUT2D eigenvalue weighted by molar-refractivity contribution is 0.0944. The summed E-state index contributed by atoms with van der Waals surface area (Å²) in [6.45, 7) is 2.92. The minimum absolute atomic E-state index is 0.0733. The minimum atomic E-state index is -0.0733. The van der Waals surface area contributed by atoms with Gasteiger partial charge in [0.1, 0.15) is 18.1 Å². The van der Waals surface area contributed by atoms with Crippen LogP contribution in [0.25, 0.3) is 0 Å². The second-order valence-electron chi connectivity index (χ2n) is 4.71. The molecule has 0 aliphatic rings. The zero-order valence-electron chi connectivity index (χ0n) is 13.4. The SMILES string of the molecule is CCSc1ccccc1C(=O)NCCOc1cccc(OC)c1. The fraction of sp³-hybridized carbons (Fsp3) is 0.278. The molecule has 0 fully saturated rings. The molecule has 0 heterocycles. The van der Waals surface area contributed by atoms with Crippen LogP contribution in [0.15, 0.2) is 53.4 Å². The van der Waals surface area contributed by atoms with E-state index in [9.17, 15) is 4.79 Å². The van der Waals surface area contributed by atoms with Crippen LogP contribution in [-0.2, 0) is 0 Å². The molecular weight excluding hydrogens is 310 g/mol. The van der Waals surface area contributed by atoms with Gasteiger partial charge in [-0.3, -0.25) is 4.79 Å². The number of thioether (sulfide) groups is 1. The van der Waals surface area contributed by atoms with Gasteiger partial charge in [-0.2, -0.15) is 0 Å². The van der Waals surface area contributed by atoms with Crippen molar-refractivity contribution in [1.29, 1.82) is 0 Å². The fourth-order valence-corrected chi connectivity index (χ4v) is 2.86. The van der Waals surface area contributed by atoms with Crippen molar-refractivity contribution in [2.24, 2.45) is 0 Å². The molecule has 0 spiro atoms. The largest absolute Gasteiger partial charge is 0.497 e. The van der Waals surface area contributed by atoms with Crippen LogP contribution < -0.4 is 14.8 Å². The van der Waals surface area contributed by atoms with Crippen molar-refractivity contribution in [1.82, 2.24) is 5.32 Å². The molecule has 0 saturated heterocycles. The van der Waals surface area contributed by atoms with E-state index >= 15 is 0 Å². The van der Waals surface area contributed by atoms with E-state index in [1.165, 1.54) is 0 Å². The number of carbonyl (C=O) groups is 1. The monoisotopic (exact) mass is 331 g/mol. The molecular formula is C18H21NO3S. The third-order valence-corrected chi connectivity index (χ3v) is 4.08. The molecule has 2 rings (SSSR count). The first-order chi connectivity index (χ1) is 11.2. The van der Waals surface area contributed by atoms with Gasteiger partial charge in [-0.15, -0.1) is 11.8 Å². The molecule has 1 N–H and O–H groups in total. The highest BCUT2D eigenvalue weighted by Crippen LogP contribution is 2.22. The van der Waals surface area contributed by atoms with Crippen LogP contribution in [0.5, 0.6) is 11.5 Å². The molecule has 2 aromatic rings. The molecule has 2 aromatic carbocycles. The van der Waals surface area contributed by atoms with Gasteiger partial charge < -0.3 is 14.8 Å². The Labute approximate surface area is 141 Å². The Balaban J connectivity index is 1.83. The molecule has 0 bridgehead atoms. The highest BCUT2D eigenvalue weighted by atomic mass is 32.2. The quantitative estimate of drug-likeness (QED) is 0.593. The number of amides is 1. The summed E-state index contributed by atoms with van der Waals surface area (Å²) >= 11 is 1.66.